The maximum Gasteiger partial charge on any atom is 0.182 e. The lowest BCUT2D eigenvalue weighted by Crippen LogP contribution is -1.95. The number of aromatic amines is 1. The summed E-state index contributed by atoms with van der Waals surface area (Å²) in [5.41, 5.74) is 3.88. The third kappa shape index (κ3) is 1.84. The maximum absolute atomic E-state index is 5.41. The van der Waals surface area contributed by atoms with E-state index in [1.54, 1.807) is 11.8 Å². The number of aromatic nitrogens is 4. The summed E-state index contributed by atoms with van der Waals surface area (Å²) < 4.78 is 9.69. The average Bonchev–Trinajstić information content (AvgIpc) is 2.86. The van der Waals surface area contributed by atoms with Crippen LogP contribution in [0.3, 0.4) is 0 Å². The molecule has 1 N–H and O–H groups in total. The number of nitrogens with zero attached hydrogens (tertiary/aromatic N) is 3. The summed E-state index contributed by atoms with van der Waals surface area (Å²) in [6.07, 6.45) is 1.96. The molecule has 0 aliphatic heterocycles. The molecule has 0 amide bonds. The Hall–Kier alpha value is -2.08. The third-order valence-corrected chi connectivity index (χ3v) is 3.40. The van der Waals surface area contributed by atoms with Crippen LogP contribution >= 0.6 is 12.2 Å². The molecule has 2 heterocycles. The first kappa shape index (κ1) is 12.0. The van der Waals surface area contributed by atoms with Crippen molar-refractivity contribution in [1.29, 1.82) is 0 Å². The molecule has 3 aromatic rings. The molecule has 0 saturated heterocycles. The number of hydrogen-bond donors (Lipinski definition) is 1. The first-order valence-corrected chi connectivity index (χ1v) is 6.30. The second-order valence-corrected chi connectivity index (χ2v) is 4.81. The van der Waals surface area contributed by atoms with Crippen molar-refractivity contribution < 1.29 is 4.74 Å². The van der Waals surface area contributed by atoms with E-state index < -0.39 is 0 Å². The Balaban J connectivity index is 2.36. The number of methoxy groups -OCH3 is 1. The van der Waals surface area contributed by atoms with Crippen LogP contribution in [0, 0.1) is 11.7 Å². The monoisotopic (exact) mass is 274 g/mol. The van der Waals surface area contributed by atoms with Gasteiger partial charge in [-0.05, 0) is 31.3 Å². The predicted octanol–water partition coefficient (Wildman–Crippen LogP) is 2.74. The Morgan fingerprint density at radius 3 is 2.79 bits per heavy atom. The molecule has 0 atom stereocenters. The van der Waals surface area contributed by atoms with Gasteiger partial charge in [-0.3, -0.25) is 9.25 Å². The minimum Gasteiger partial charge on any atom is -0.497 e. The number of ether oxygens (including phenoxy) is 1. The molecular formula is C13H14N4OS. The van der Waals surface area contributed by atoms with Gasteiger partial charge in [0.25, 0.3) is 0 Å². The van der Waals surface area contributed by atoms with Crippen LogP contribution in [0.1, 0.15) is 5.69 Å². The van der Waals surface area contributed by atoms with Crippen molar-refractivity contribution in [2.24, 2.45) is 7.05 Å². The van der Waals surface area contributed by atoms with Gasteiger partial charge < -0.3 is 9.72 Å². The van der Waals surface area contributed by atoms with Gasteiger partial charge in [-0.1, -0.05) is 0 Å². The second-order valence-electron chi connectivity index (χ2n) is 4.42. The van der Waals surface area contributed by atoms with Crippen LogP contribution in [0.2, 0.25) is 0 Å². The van der Waals surface area contributed by atoms with Gasteiger partial charge in [0.2, 0.25) is 0 Å². The van der Waals surface area contributed by atoms with E-state index >= 15 is 0 Å². The number of hydrogen-bond acceptors (Lipinski definition) is 3. The highest BCUT2D eigenvalue weighted by Crippen LogP contribution is 2.24. The van der Waals surface area contributed by atoms with Gasteiger partial charge in [-0.15, -0.1) is 0 Å². The zero-order chi connectivity index (χ0) is 13.6. The predicted molar refractivity (Wildman–Crippen MR) is 76.5 cm³/mol. The summed E-state index contributed by atoms with van der Waals surface area (Å²) >= 11 is 5.41. The molecule has 0 saturated carbocycles. The van der Waals surface area contributed by atoms with E-state index in [9.17, 15) is 0 Å². The first-order valence-electron chi connectivity index (χ1n) is 5.89. The Kier molecular flexibility index (Phi) is 2.67. The highest BCUT2D eigenvalue weighted by atomic mass is 32.1. The van der Waals surface area contributed by atoms with Crippen LogP contribution in [-0.2, 0) is 7.05 Å². The van der Waals surface area contributed by atoms with Gasteiger partial charge in [0.05, 0.1) is 29.5 Å². The molecule has 0 aliphatic rings. The van der Waals surface area contributed by atoms with Gasteiger partial charge in [0.15, 0.2) is 4.77 Å². The fraction of sp³-hybridized carbons (Fsp3) is 0.231. The molecule has 0 aliphatic carbocycles. The number of H-pyrrole nitrogens is 1. The molecule has 3 rings (SSSR count). The molecule has 0 bridgehead atoms. The highest BCUT2D eigenvalue weighted by Gasteiger charge is 2.12. The summed E-state index contributed by atoms with van der Waals surface area (Å²) in [6.45, 7) is 1.97. The van der Waals surface area contributed by atoms with Crippen LogP contribution in [0.15, 0.2) is 24.4 Å². The number of benzene rings is 1. The van der Waals surface area contributed by atoms with Crippen molar-refractivity contribution in [2.75, 3.05) is 7.11 Å². The Morgan fingerprint density at radius 1 is 1.37 bits per heavy atom. The fourth-order valence-electron chi connectivity index (χ4n) is 2.26. The van der Waals surface area contributed by atoms with Crippen molar-refractivity contribution in [1.82, 2.24) is 19.3 Å². The average molecular weight is 274 g/mol. The standard InChI is InChI=1S/C13H14N4OS/c1-8-12(7-16(2)15-8)17-11-6-9(18-3)4-5-10(11)14-13(17)19/h4-7H,1-3H3,(H,14,19). The molecule has 5 nitrogen and oxygen atoms in total. The van der Waals surface area contributed by atoms with Gasteiger partial charge in [0.1, 0.15) is 5.75 Å². The Morgan fingerprint density at radius 2 is 2.16 bits per heavy atom. The lowest BCUT2D eigenvalue weighted by Gasteiger charge is -2.04. The number of rotatable bonds is 2. The molecule has 98 valence electrons. The zero-order valence-electron chi connectivity index (χ0n) is 11.0. The summed E-state index contributed by atoms with van der Waals surface area (Å²) in [7, 11) is 3.55. The quantitative estimate of drug-likeness (QED) is 0.731. The van der Waals surface area contributed by atoms with E-state index in [0.717, 1.165) is 28.2 Å². The smallest absolute Gasteiger partial charge is 0.182 e. The van der Waals surface area contributed by atoms with Crippen LogP contribution in [0.4, 0.5) is 0 Å². The van der Waals surface area contributed by atoms with Crippen molar-refractivity contribution in [3.8, 4) is 11.4 Å². The maximum atomic E-state index is 5.41. The van der Waals surface area contributed by atoms with E-state index in [2.05, 4.69) is 10.1 Å². The van der Waals surface area contributed by atoms with Gasteiger partial charge in [-0.25, -0.2) is 0 Å². The Labute approximate surface area is 115 Å². The Bertz CT molecular complexity index is 812. The lowest BCUT2D eigenvalue weighted by atomic mass is 10.3. The van der Waals surface area contributed by atoms with Gasteiger partial charge >= 0.3 is 0 Å². The minimum absolute atomic E-state index is 0.652. The van der Waals surface area contributed by atoms with E-state index in [-0.39, 0.29) is 0 Å². The molecular weight excluding hydrogens is 260 g/mol. The summed E-state index contributed by atoms with van der Waals surface area (Å²) in [6, 6.07) is 5.84. The SMILES string of the molecule is COc1ccc2[nH]c(=S)n(-c3cn(C)nc3C)c2c1. The van der Waals surface area contributed by atoms with Crippen molar-refractivity contribution in [2.45, 2.75) is 6.92 Å². The molecule has 2 aromatic heterocycles. The lowest BCUT2D eigenvalue weighted by molar-refractivity contribution is 0.415. The van der Waals surface area contributed by atoms with Gasteiger partial charge in [-0.2, -0.15) is 5.10 Å². The number of nitrogens with one attached hydrogen (secondary N) is 1. The highest BCUT2D eigenvalue weighted by molar-refractivity contribution is 7.71. The van der Waals surface area contributed by atoms with Crippen molar-refractivity contribution in [3.05, 3.63) is 34.9 Å². The molecule has 19 heavy (non-hydrogen) atoms. The fourth-order valence-corrected chi connectivity index (χ4v) is 2.56. The van der Waals surface area contributed by atoms with E-state index in [1.165, 1.54) is 0 Å². The van der Waals surface area contributed by atoms with E-state index in [4.69, 9.17) is 17.0 Å². The van der Waals surface area contributed by atoms with Crippen LogP contribution < -0.4 is 4.74 Å². The van der Waals surface area contributed by atoms with E-state index in [0.29, 0.717) is 4.77 Å². The first-order chi connectivity index (χ1) is 9.10. The largest absolute Gasteiger partial charge is 0.497 e. The molecule has 0 spiro atoms. The second kappa shape index (κ2) is 4.24. The molecule has 6 heteroatoms. The summed E-state index contributed by atoms with van der Waals surface area (Å²) in [5.74, 6) is 0.803. The normalized spacial score (nSPS) is 11.1. The van der Waals surface area contributed by atoms with Crippen LogP contribution in [-0.4, -0.2) is 26.4 Å². The van der Waals surface area contributed by atoms with Crippen LogP contribution in [0.25, 0.3) is 16.7 Å². The number of imidazole rings is 1. The number of aryl methyl sites for hydroxylation is 2. The number of fused-ring (bicyclic) bond motifs is 1. The van der Waals surface area contributed by atoms with Crippen LogP contribution in [0.5, 0.6) is 5.75 Å². The molecule has 1 aromatic carbocycles. The topological polar surface area (TPSA) is 47.8 Å². The third-order valence-electron chi connectivity index (χ3n) is 3.12. The minimum atomic E-state index is 0.652. The van der Waals surface area contributed by atoms with Crippen molar-refractivity contribution >= 4 is 23.3 Å². The van der Waals surface area contributed by atoms with E-state index in [1.807, 2.05) is 42.9 Å². The molecule has 0 unspecified atom stereocenters. The van der Waals surface area contributed by atoms with Gasteiger partial charge in [0, 0.05) is 19.3 Å². The molecule has 0 fully saturated rings. The summed E-state index contributed by atoms with van der Waals surface area (Å²) in [5, 5.41) is 4.36. The zero-order valence-corrected chi connectivity index (χ0v) is 11.8. The molecule has 0 radical (unpaired) electrons. The summed E-state index contributed by atoms with van der Waals surface area (Å²) in [4.78, 5) is 3.20. The van der Waals surface area contributed by atoms with Crippen molar-refractivity contribution in [3.63, 3.8) is 0 Å².